The summed E-state index contributed by atoms with van der Waals surface area (Å²) < 4.78 is 4.40. The lowest BCUT2D eigenvalue weighted by Gasteiger charge is -1.98. The van der Waals surface area contributed by atoms with Gasteiger partial charge in [0.25, 0.3) is 0 Å². The van der Waals surface area contributed by atoms with Gasteiger partial charge in [0.1, 0.15) is 0 Å². The second-order valence-corrected chi connectivity index (χ2v) is 4.47. The van der Waals surface area contributed by atoms with Crippen LogP contribution in [0.2, 0.25) is 0 Å². The van der Waals surface area contributed by atoms with Crippen molar-refractivity contribution in [2.24, 2.45) is 0 Å². The molecule has 0 bridgehead atoms. The normalized spacial score (nSPS) is 9.41. The highest BCUT2D eigenvalue weighted by atomic mass is 35.5. The lowest BCUT2D eigenvalue weighted by molar-refractivity contribution is -0.140. The van der Waals surface area contributed by atoms with Gasteiger partial charge >= 0.3 is 5.97 Å². The Morgan fingerprint density at radius 2 is 1.41 bits per heavy atom. The van der Waals surface area contributed by atoms with Gasteiger partial charge in [0.05, 0.1) is 6.61 Å². The predicted octanol–water partition coefficient (Wildman–Crippen LogP) is 4.94. The fraction of sp³-hybridized carbons (Fsp3) is 0.929. The van der Waals surface area contributed by atoms with E-state index in [-0.39, 0.29) is 5.97 Å². The maximum atomic E-state index is 9.82. The van der Waals surface area contributed by atoms with E-state index in [1.165, 1.54) is 58.3 Å². The van der Waals surface area contributed by atoms with Gasteiger partial charge in [0.2, 0.25) is 0 Å². The summed E-state index contributed by atoms with van der Waals surface area (Å²) in [6.45, 7) is 5.91. The molecular formula is C14H29ClO2. The van der Waals surface area contributed by atoms with Crippen LogP contribution in [0, 0.1) is 0 Å². The van der Waals surface area contributed by atoms with Crippen molar-refractivity contribution in [3.05, 3.63) is 0 Å². The third-order valence-corrected chi connectivity index (χ3v) is 2.60. The van der Waals surface area contributed by atoms with Crippen LogP contribution >= 0.6 is 11.6 Å². The summed E-state index contributed by atoms with van der Waals surface area (Å²) in [7, 11) is 0. The van der Waals surface area contributed by atoms with Gasteiger partial charge in [-0.3, -0.25) is 4.79 Å². The molecule has 0 unspecified atom stereocenters. The smallest absolute Gasteiger partial charge is 0.302 e. The molecule has 0 aromatic carbocycles. The summed E-state index contributed by atoms with van der Waals surface area (Å²) >= 11 is 5.56. The van der Waals surface area contributed by atoms with Crippen LogP contribution in [-0.2, 0) is 9.53 Å². The van der Waals surface area contributed by atoms with E-state index in [9.17, 15) is 4.79 Å². The average molecular weight is 265 g/mol. The van der Waals surface area contributed by atoms with E-state index >= 15 is 0 Å². The molecular weight excluding hydrogens is 236 g/mol. The Labute approximate surface area is 112 Å². The fourth-order valence-electron chi connectivity index (χ4n) is 1.43. The number of unbranched alkanes of at least 4 members (excludes halogenated alkanes) is 7. The molecule has 3 heteroatoms. The number of hydrogen-bond donors (Lipinski definition) is 0. The van der Waals surface area contributed by atoms with E-state index in [1.807, 2.05) is 0 Å². The van der Waals surface area contributed by atoms with Crippen molar-refractivity contribution in [2.75, 3.05) is 12.5 Å². The van der Waals surface area contributed by atoms with Gasteiger partial charge in [-0.05, 0) is 13.3 Å². The van der Waals surface area contributed by atoms with Crippen LogP contribution in [0.15, 0.2) is 0 Å². The fourth-order valence-corrected chi connectivity index (χ4v) is 1.62. The van der Waals surface area contributed by atoms with E-state index in [1.54, 1.807) is 6.92 Å². The van der Waals surface area contributed by atoms with E-state index < -0.39 is 0 Å². The maximum absolute atomic E-state index is 9.82. The van der Waals surface area contributed by atoms with Crippen LogP contribution in [0.25, 0.3) is 0 Å². The minimum Gasteiger partial charge on any atom is -0.466 e. The number of esters is 1. The maximum Gasteiger partial charge on any atom is 0.302 e. The minimum absolute atomic E-state index is 0.211. The van der Waals surface area contributed by atoms with Crippen LogP contribution in [0.3, 0.4) is 0 Å². The summed E-state index contributed by atoms with van der Waals surface area (Å²) in [5, 5.41) is 0. The first-order valence-corrected chi connectivity index (χ1v) is 7.41. The first kappa shape index (κ1) is 19.1. The van der Waals surface area contributed by atoms with Gasteiger partial charge in [-0.25, -0.2) is 0 Å². The van der Waals surface area contributed by atoms with Crippen molar-refractivity contribution >= 4 is 17.6 Å². The summed E-state index contributed by atoms with van der Waals surface area (Å²) in [6.07, 6.45) is 10.9. The Bertz CT molecular complexity index is 141. The zero-order valence-corrected chi connectivity index (χ0v) is 12.5. The topological polar surface area (TPSA) is 26.3 Å². The number of hydrogen-bond acceptors (Lipinski definition) is 2. The SMILES string of the molecule is CCCCCCCCCCCl.CCOC(C)=O. The molecule has 0 aliphatic heterocycles. The first-order chi connectivity index (χ1) is 8.18. The van der Waals surface area contributed by atoms with Gasteiger partial charge in [0, 0.05) is 12.8 Å². The van der Waals surface area contributed by atoms with Crippen molar-refractivity contribution in [2.45, 2.75) is 72.1 Å². The Balaban J connectivity index is 0. The molecule has 0 aromatic heterocycles. The molecule has 0 saturated heterocycles. The molecule has 0 N–H and O–H groups in total. The van der Waals surface area contributed by atoms with Gasteiger partial charge < -0.3 is 4.74 Å². The molecule has 17 heavy (non-hydrogen) atoms. The minimum atomic E-state index is -0.211. The Kier molecular flexibility index (Phi) is 20.4. The van der Waals surface area contributed by atoms with Crippen LogP contribution in [0.5, 0.6) is 0 Å². The van der Waals surface area contributed by atoms with Gasteiger partial charge in [-0.1, -0.05) is 51.9 Å². The Morgan fingerprint density at radius 3 is 1.71 bits per heavy atom. The quantitative estimate of drug-likeness (QED) is 0.335. The number of carbonyl (C=O) groups excluding carboxylic acids is 1. The third-order valence-electron chi connectivity index (χ3n) is 2.33. The Morgan fingerprint density at radius 1 is 0.941 bits per heavy atom. The van der Waals surface area contributed by atoms with E-state index in [0.29, 0.717) is 6.61 Å². The van der Waals surface area contributed by atoms with Crippen molar-refractivity contribution < 1.29 is 9.53 Å². The van der Waals surface area contributed by atoms with Gasteiger partial charge in [-0.2, -0.15) is 0 Å². The second kappa shape index (κ2) is 18.1. The van der Waals surface area contributed by atoms with E-state index in [0.717, 1.165) is 5.88 Å². The van der Waals surface area contributed by atoms with Crippen molar-refractivity contribution in [1.82, 2.24) is 0 Å². The van der Waals surface area contributed by atoms with Crippen molar-refractivity contribution in [3.8, 4) is 0 Å². The van der Waals surface area contributed by atoms with Crippen molar-refractivity contribution in [1.29, 1.82) is 0 Å². The number of ether oxygens (including phenoxy) is 1. The second-order valence-electron chi connectivity index (χ2n) is 4.09. The molecule has 0 aliphatic rings. The van der Waals surface area contributed by atoms with Crippen LogP contribution in [0.1, 0.15) is 72.1 Å². The molecule has 0 aliphatic carbocycles. The van der Waals surface area contributed by atoms with Crippen LogP contribution < -0.4 is 0 Å². The predicted molar refractivity (Wildman–Crippen MR) is 75.6 cm³/mol. The highest BCUT2D eigenvalue weighted by Gasteiger charge is 1.89. The molecule has 0 rings (SSSR count). The van der Waals surface area contributed by atoms with E-state index in [2.05, 4.69) is 11.7 Å². The van der Waals surface area contributed by atoms with Crippen LogP contribution in [0.4, 0.5) is 0 Å². The number of halogens is 1. The van der Waals surface area contributed by atoms with Gasteiger partial charge in [0.15, 0.2) is 0 Å². The molecule has 0 radical (unpaired) electrons. The zero-order chi connectivity index (χ0) is 13.4. The molecule has 0 amide bonds. The molecule has 0 aromatic rings. The third kappa shape index (κ3) is 25.8. The molecule has 104 valence electrons. The molecule has 0 fully saturated rings. The lowest BCUT2D eigenvalue weighted by atomic mass is 10.1. The summed E-state index contributed by atoms with van der Waals surface area (Å²) in [4.78, 5) is 9.82. The number of carbonyl (C=O) groups is 1. The molecule has 2 nitrogen and oxygen atoms in total. The first-order valence-electron chi connectivity index (χ1n) is 6.88. The molecule has 0 saturated carbocycles. The highest BCUT2D eigenvalue weighted by molar-refractivity contribution is 6.17. The monoisotopic (exact) mass is 264 g/mol. The molecule has 0 heterocycles. The summed E-state index contributed by atoms with van der Waals surface area (Å²) in [5.41, 5.74) is 0. The number of rotatable bonds is 9. The molecule has 0 atom stereocenters. The largest absolute Gasteiger partial charge is 0.466 e. The summed E-state index contributed by atoms with van der Waals surface area (Å²) in [5.74, 6) is 0.632. The Hall–Kier alpha value is -0.240. The van der Waals surface area contributed by atoms with Crippen molar-refractivity contribution in [3.63, 3.8) is 0 Å². The molecule has 0 spiro atoms. The lowest BCUT2D eigenvalue weighted by Crippen LogP contribution is -1.95. The zero-order valence-electron chi connectivity index (χ0n) is 11.8. The van der Waals surface area contributed by atoms with Crippen LogP contribution in [-0.4, -0.2) is 18.5 Å². The van der Waals surface area contributed by atoms with E-state index in [4.69, 9.17) is 11.6 Å². The standard InChI is InChI=1S/C10H21Cl.C4H8O2/c1-2-3-4-5-6-7-8-9-10-11;1-3-6-4(2)5/h2-10H2,1H3;3H2,1-2H3. The highest BCUT2D eigenvalue weighted by Crippen LogP contribution is 2.08. The summed E-state index contributed by atoms with van der Waals surface area (Å²) in [6, 6.07) is 0. The van der Waals surface area contributed by atoms with Gasteiger partial charge in [-0.15, -0.1) is 11.6 Å². The average Bonchev–Trinajstić information content (AvgIpc) is 2.29. The number of alkyl halides is 1.